The summed E-state index contributed by atoms with van der Waals surface area (Å²) < 4.78 is 1.57. The maximum atomic E-state index is 11.4. The molecule has 1 aromatic carbocycles. The second kappa shape index (κ2) is 5.53. The summed E-state index contributed by atoms with van der Waals surface area (Å²) in [5, 5.41) is 21.7. The summed E-state index contributed by atoms with van der Waals surface area (Å²) in [6.07, 6.45) is 1.63. The molecule has 8 heteroatoms. The Labute approximate surface area is 118 Å². The number of aromatic nitrogens is 1. The first-order valence-electron chi connectivity index (χ1n) is 5.98. The van der Waals surface area contributed by atoms with E-state index in [-0.39, 0.29) is 23.7 Å². The van der Waals surface area contributed by atoms with Crippen molar-refractivity contribution in [3.63, 3.8) is 0 Å². The zero-order valence-corrected chi connectivity index (χ0v) is 11.1. The molecule has 21 heavy (non-hydrogen) atoms. The second-order valence-corrected chi connectivity index (χ2v) is 4.40. The Bertz CT molecular complexity index is 735. The topological polar surface area (TPSA) is 108 Å². The third-order valence-electron chi connectivity index (χ3n) is 3.01. The quantitative estimate of drug-likeness (QED) is 0.477. The minimum atomic E-state index is -0.687. The smallest absolute Gasteiger partial charge is 0.281 e. The normalized spacial score (nSPS) is 10.3. The van der Waals surface area contributed by atoms with E-state index in [1.165, 1.54) is 19.1 Å². The first kappa shape index (κ1) is 14.4. The molecule has 0 aliphatic heterocycles. The van der Waals surface area contributed by atoms with Gasteiger partial charge in [0.15, 0.2) is 5.78 Å². The van der Waals surface area contributed by atoms with Gasteiger partial charge < -0.3 is 4.57 Å². The number of nitro benzene ring substituents is 2. The Morgan fingerprint density at radius 2 is 1.90 bits per heavy atom. The number of carbonyl (C=O) groups excluding carboxylic acids is 1. The Hall–Kier alpha value is -3.03. The van der Waals surface area contributed by atoms with Gasteiger partial charge in [0.25, 0.3) is 11.4 Å². The van der Waals surface area contributed by atoms with Crippen molar-refractivity contribution in [2.75, 3.05) is 0 Å². The summed E-state index contributed by atoms with van der Waals surface area (Å²) >= 11 is 0. The van der Waals surface area contributed by atoms with Gasteiger partial charge in [-0.25, -0.2) is 0 Å². The van der Waals surface area contributed by atoms with Gasteiger partial charge in [-0.15, -0.1) is 0 Å². The molecule has 0 spiro atoms. The van der Waals surface area contributed by atoms with Crippen LogP contribution in [0.15, 0.2) is 36.5 Å². The second-order valence-electron chi connectivity index (χ2n) is 4.40. The Balaban J connectivity index is 2.44. The summed E-state index contributed by atoms with van der Waals surface area (Å²) in [5.74, 6) is -0.162. The van der Waals surface area contributed by atoms with Crippen LogP contribution in [0.25, 0.3) is 0 Å². The molecule has 1 heterocycles. The highest BCUT2D eigenvalue weighted by Crippen LogP contribution is 2.25. The number of nitrogens with zero attached hydrogens (tertiary/aromatic N) is 3. The van der Waals surface area contributed by atoms with Gasteiger partial charge in [-0.3, -0.25) is 25.0 Å². The molecule has 0 N–H and O–H groups in total. The molecule has 2 rings (SSSR count). The molecule has 2 aromatic rings. The van der Waals surface area contributed by atoms with Gasteiger partial charge in [0, 0.05) is 24.8 Å². The average Bonchev–Trinajstić information content (AvgIpc) is 2.87. The minimum Gasteiger partial charge on any atom is -0.340 e. The van der Waals surface area contributed by atoms with E-state index in [9.17, 15) is 25.0 Å². The van der Waals surface area contributed by atoms with E-state index in [0.717, 1.165) is 6.07 Å². The molecule has 0 atom stereocenters. The molecule has 108 valence electrons. The van der Waals surface area contributed by atoms with Crippen molar-refractivity contribution in [2.45, 2.75) is 13.5 Å². The van der Waals surface area contributed by atoms with Crippen LogP contribution in [0.5, 0.6) is 0 Å². The van der Waals surface area contributed by atoms with E-state index in [1.807, 2.05) is 0 Å². The molecule has 0 saturated carbocycles. The molecule has 0 bridgehead atoms. The van der Waals surface area contributed by atoms with Crippen LogP contribution < -0.4 is 0 Å². The maximum Gasteiger partial charge on any atom is 0.281 e. The van der Waals surface area contributed by atoms with E-state index in [1.54, 1.807) is 22.9 Å². The predicted octanol–water partition coefficient (Wildman–Crippen LogP) is 2.56. The van der Waals surface area contributed by atoms with Gasteiger partial charge in [0.05, 0.1) is 28.2 Å². The largest absolute Gasteiger partial charge is 0.340 e. The van der Waals surface area contributed by atoms with Crippen molar-refractivity contribution in [3.05, 3.63) is 68.0 Å². The molecular formula is C13H11N3O5. The number of rotatable bonds is 5. The van der Waals surface area contributed by atoms with Crippen LogP contribution in [0.3, 0.4) is 0 Å². The van der Waals surface area contributed by atoms with E-state index < -0.39 is 9.85 Å². The first-order valence-corrected chi connectivity index (χ1v) is 5.98. The lowest BCUT2D eigenvalue weighted by atomic mass is 10.1. The van der Waals surface area contributed by atoms with Crippen LogP contribution >= 0.6 is 0 Å². The highest BCUT2D eigenvalue weighted by atomic mass is 16.6. The molecule has 0 radical (unpaired) electrons. The number of non-ortho nitro benzene ring substituents is 1. The van der Waals surface area contributed by atoms with Gasteiger partial charge in [-0.2, -0.15) is 0 Å². The van der Waals surface area contributed by atoms with Crippen LogP contribution in [-0.4, -0.2) is 20.2 Å². The van der Waals surface area contributed by atoms with Crippen molar-refractivity contribution in [1.29, 1.82) is 0 Å². The Kier molecular flexibility index (Phi) is 3.79. The van der Waals surface area contributed by atoms with E-state index in [4.69, 9.17) is 0 Å². The summed E-state index contributed by atoms with van der Waals surface area (Å²) in [6.45, 7) is 1.49. The van der Waals surface area contributed by atoms with Crippen molar-refractivity contribution < 1.29 is 14.6 Å². The lowest BCUT2D eigenvalue weighted by Gasteiger charge is -2.07. The summed E-state index contributed by atoms with van der Waals surface area (Å²) in [7, 11) is 0. The number of benzene rings is 1. The summed E-state index contributed by atoms with van der Waals surface area (Å²) in [6, 6.07) is 6.74. The molecule has 1 aromatic heterocycles. The number of hydrogen-bond acceptors (Lipinski definition) is 5. The number of carbonyl (C=O) groups is 1. The van der Waals surface area contributed by atoms with Gasteiger partial charge in [0.2, 0.25) is 0 Å². The fourth-order valence-electron chi connectivity index (χ4n) is 2.02. The molecule has 0 aliphatic carbocycles. The zero-order valence-electron chi connectivity index (χ0n) is 11.1. The van der Waals surface area contributed by atoms with Crippen LogP contribution in [0, 0.1) is 20.2 Å². The monoisotopic (exact) mass is 289 g/mol. The Morgan fingerprint density at radius 3 is 2.48 bits per heavy atom. The first-order chi connectivity index (χ1) is 9.90. The number of ketones is 1. The van der Waals surface area contributed by atoms with Gasteiger partial charge in [-0.05, 0) is 18.2 Å². The number of nitro groups is 2. The third kappa shape index (κ3) is 2.94. The molecule has 0 fully saturated rings. The minimum absolute atomic E-state index is 0.0935. The Morgan fingerprint density at radius 1 is 1.19 bits per heavy atom. The molecule has 0 unspecified atom stereocenters. The van der Waals surface area contributed by atoms with Crippen LogP contribution in [0.2, 0.25) is 0 Å². The van der Waals surface area contributed by atoms with E-state index in [2.05, 4.69) is 0 Å². The maximum absolute atomic E-state index is 11.4. The van der Waals surface area contributed by atoms with Crippen LogP contribution in [0.1, 0.15) is 23.0 Å². The zero-order chi connectivity index (χ0) is 15.6. The number of hydrogen-bond donors (Lipinski definition) is 0. The van der Waals surface area contributed by atoms with Crippen molar-refractivity contribution in [3.8, 4) is 0 Å². The fourth-order valence-corrected chi connectivity index (χ4v) is 2.02. The molecule has 0 amide bonds. The SMILES string of the molecule is CC(=O)c1cccn1Cc1ccc([N+](=O)[O-])cc1[N+](=O)[O-]. The summed E-state index contributed by atoms with van der Waals surface area (Å²) in [5.41, 5.74) is 0.0316. The molecular weight excluding hydrogens is 278 g/mol. The van der Waals surface area contributed by atoms with E-state index in [0.29, 0.717) is 11.3 Å². The fraction of sp³-hybridized carbons (Fsp3) is 0.154. The average molecular weight is 289 g/mol. The molecule has 8 nitrogen and oxygen atoms in total. The predicted molar refractivity (Wildman–Crippen MR) is 73.3 cm³/mol. The van der Waals surface area contributed by atoms with Crippen LogP contribution in [-0.2, 0) is 6.54 Å². The lowest BCUT2D eigenvalue weighted by molar-refractivity contribution is -0.394. The third-order valence-corrected chi connectivity index (χ3v) is 3.01. The van der Waals surface area contributed by atoms with Crippen molar-refractivity contribution in [1.82, 2.24) is 4.57 Å². The van der Waals surface area contributed by atoms with Gasteiger partial charge >= 0.3 is 0 Å². The number of Topliss-reactive ketones (excluding diaryl/α,β-unsaturated/α-hetero) is 1. The lowest BCUT2D eigenvalue weighted by Crippen LogP contribution is -2.08. The highest BCUT2D eigenvalue weighted by molar-refractivity contribution is 5.92. The highest BCUT2D eigenvalue weighted by Gasteiger charge is 2.20. The van der Waals surface area contributed by atoms with Crippen molar-refractivity contribution in [2.24, 2.45) is 0 Å². The molecule has 0 saturated heterocycles. The summed E-state index contributed by atoms with van der Waals surface area (Å²) in [4.78, 5) is 31.8. The van der Waals surface area contributed by atoms with Gasteiger partial charge in [-0.1, -0.05) is 0 Å². The standard InChI is InChI=1S/C13H11N3O5/c1-9(17)12-3-2-6-14(12)8-10-4-5-11(15(18)19)7-13(10)16(20)21/h2-7H,8H2,1H3. The van der Waals surface area contributed by atoms with E-state index >= 15 is 0 Å². The van der Waals surface area contributed by atoms with Gasteiger partial charge in [0.1, 0.15) is 0 Å². The van der Waals surface area contributed by atoms with Crippen LogP contribution in [0.4, 0.5) is 11.4 Å². The van der Waals surface area contributed by atoms with Crippen molar-refractivity contribution >= 4 is 17.2 Å². The molecule has 0 aliphatic rings.